The normalized spacial score (nSPS) is 10.3. The summed E-state index contributed by atoms with van der Waals surface area (Å²) >= 11 is 0. The summed E-state index contributed by atoms with van der Waals surface area (Å²) in [5.41, 5.74) is 1.72. The van der Waals surface area contributed by atoms with Gasteiger partial charge in [-0.3, -0.25) is 4.79 Å². The van der Waals surface area contributed by atoms with E-state index in [1.807, 2.05) is 55.5 Å². The molecule has 0 saturated carbocycles. The number of benzene rings is 2. The lowest BCUT2D eigenvalue weighted by molar-refractivity contribution is -0.118. The van der Waals surface area contributed by atoms with E-state index in [4.69, 9.17) is 9.47 Å². The van der Waals surface area contributed by atoms with Gasteiger partial charge in [0.2, 0.25) is 0 Å². The zero-order valence-corrected chi connectivity index (χ0v) is 15.1. The molecule has 4 nitrogen and oxygen atoms in total. The van der Waals surface area contributed by atoms with Gasteiger partial charge in [0.15, 0.2) is 6.61 Å². The van der Waals surface area contributed by atoms with Crippen molar-refractivity contribution in [2.75, 3.05) is 18.5 Å². The molecule has 0 saturated heterocycles. The molecule has 1 N–H and O–H groups in total. The van der Waals surface area contributed by atoms with Crippen LogP contribution in [0.15, 0.2) is 48.5 Å². The number of hydrogen-bond acceptors (Lipinski definition) is 3. The number of aryl methyl sites for hydroxylation is 1. The Morgan fingerprint density at radius 2 is 1.84 bits per heavy atom. The number of ether oxygens (including phenoxy) is 2. The molecule has 0 unspecified atom stereocenters. The van der Waals surface area contributed by atoms with E-state index in [-0.39, 0.29) is 12.5 Å². The van der Waals surface area contributed by atoms with Crippen molar-refractivity contribution in [2.45, 2.75) is 39.5 Å². The third-order valence-corrected chi connectivity index (χ3v) is 3.84. The summed E-state index contributed by atoms with van der Waals surface area (Å²) in [5, 5.41) is 2.84. The van der Waals surface area contributed by atoms with Crippen molar-refractivity contribution < 1.29 is 14.3 Å². The number of rotatable bonds is 10. The zero-order valence-electron chi connectivity index (χ0n) is 15.1. The molecule has 0 aliphatic heterocycles. The van der Waals surface area contributed by atoms with E-state index in [9.17, 15) is 4.79 Å². The largest absolute Gasteiger partial charge is 0.494 e. The molecule has 2 aromatic rings. The zero-order chi connectivity index (χ0) is 17.9. The van der Waals surface area contributed by atoms with E-state index >= 15 is 0 Å². The van der Waals surface area contributed by atoms with Gasteiger partial charge in [0, 0.05) is 11.8 Å². The molecule has 4 heteroatoms. The number of anilines is 1. The van der Waals surface area contributed by atoms with Crippen molar-refractivity contribution >= 4 is 11.6 Å². The fourth-order valence-corrected chi connectivity index (χ4v) is 2.44. The predicted octanol–water partition coefficient (Wildman–Crippen LogP) is 4.97. The first-order valence-corrected chi connectivity index (χ1v) is 8.90. The second-order valence-corrected chi connectivity index (χ2v) is 6.04. The Morgan fingerprint density at radius 1 is 1.00 bits per heavy atom. The number of para-hydroxylation sites is 1. The molecular formula is C21H27NO3. The molecule has 0 heterocycles. The predicted molar refractivity (Wildman–Crippen MR) is 101 cm³/mol. The van der Waals surface area contributed by atoms with Gasteiger partial charge in [-0.2, -0.15) is 0 Å². The van der Waals surface area contributed by atoms with Crippen molar-refractivity contribution in [3.05, 3.63) is 54.1 Å². The average Bonchev–Trinajstić information content (AvgIpc) is 2.61. The van der Waals surface area contributed by atoms with Crippen LogP contribution in [-0.2, 0) is 4.79 Å². The third-order valence-electron chi connectivity index (χ3n) is 3.84. The third kappa shape index (κ3) is 6.87. The molecule has 0 aliphatic rings. The maximum Gasteiger partial charge on any atom is 0.262 e. The summed E-state index contributed by atoms with van der Waals surface area (Å²) in [6.07, 6.45) is 4.68. The summed E-state index contributed by atoms with van der Waals surface area (Å²) in [7, 11) is 0. The van der Waals surface area contributed by atoms with Crippen LogP contribution in [0.1, 0.15) is 38.2 Å². The highest BCUT2D eigenvalue weighted by Gasteiger charge is 2.06. The fourth-order valence-electron chi connectivity index (χ4n) is 2.44. The SMILES string of the molecule is CCCCCCOc1cccc(NC(=O)COc2ccccc2C)c1. The summed E-state index contributed by atoms with van der Waals surface area (Å²) in [5.74, 6) is 1.30. The Morgan fingerprint density at radius 3 is 2.64 bits per heavy atom. The van der Waals surface area contributed by atoms with Gasteiger partial charge < -0.3 is 14.8 Å². The molecule has 0 aliphatic carbocycles. The Balaban J connectivity index is 1.78. The summed E-state index contributed by atoms with van der Waals surface area (Å²) in [4.78, 5) is 12.1. The van der Waals surface area contributed by atoms with Gasteiger partial charge in [-0.15, -0.1) is 0 Å². The minimum atomic E-state index is -0.191. The molecule has 0 atom stereocenters. The standard InChI is InChI=1S/C21H27NO3/c1-3-4-5-8-14-24-19-12-9-11-18(15-19)22-21(23)16-25-20-13-7-6-10-17(20)2/h6-7,9-13,15H,3-5,8,14,16H2,1-2H3,(H,22,23). The van der Waals surface area contributed by atoms with Crippen LogP contribution in [0.5, 0.6) is 11.5 Å². The highest BCUT2D eigenvalue weighted by molar-refractivity contribution is 5.92. The van der Waals surface area contributed by atoms with Gasteiger partial charge in [0.1, 0.15) is 11.5 Å². The average molecular weight is 341 g/mol. The molecule has 0 bridgehead atoms. The molecule has 1 amide bonds. The van der Waals surface area contributed by atoms with Gasteiger partial charge in [0.05, 0.1) is 6.61 Å². The van der Waals surface area contributed by atoms with Crippen molar-refractivity contribution in [3.63, 3.8) is 0 Å². The van der Waals surface area contributed by atoms with E-state index < -0.39 is 0 Å². The molecule has 0 radical (unpaired) electrons. The lowest BCUT2D eigenvalue weighted by Crippen LogP contribution is -2.20. The first-order chi connectivity index (χ1) is 12.2. The van der Waals surface area contributed by atoms with Gasteiger partial charge in [0.25, 0.3) is 5.91 Å². The maximum absolute atomic E-state index is 12.1. The highest BCUT2D eigenvalue weighted by atomic mass is 16.5. The fraction of sp³-hybridized carbons (Fsp3) is 0.381. The van der Waals surface area contributed by atoms with Crippen LogP contribution in [0.4, 0.5) is 5.69 Å². The molecule has 2 rings (SSSR count). The van der Waals surface area contributed by atoms with E-state index in [1.165, 1.54) is 19.3 Å². The number of nitrogens with one attached hydrogen (secondary N) is 1. The summed E-state index contributed by atoms with van der Waals surface area (Å²) in [6, 6.07) is 15.1. The molecule has 25 heavy (non-hydrogen) atoms. The van der Waals surface area contributed by atoms with Crippen molar-refractivity contribution in [3.8, 4) is 11.5 Å². The molecule has 2 aromatic carbocycles. The quantitative estimate of drug-likeness (QED) is 0.621. The Kier molecular flexibility index (Phi) is 7.83. The van der Waals surface area contributed by atoms with Crippen LogP contribution in [0.25, 0.3) is 0 Å². The Hall–Kier alpha value is -2.49. The number of carbonyl (C=O) groups excluding carboxylic acids is 1. The first kappa shape index (κ1) is 18.8. The number of amides is 1. The van der Waals surface area contributed by atoms with Gasteiger partial charge in [-0.05, 0) is 37.1 Å². The van der Waals surface area contributed by atoms with E-state index in [1.54, 1.807) is 0 Å². The first-order valence-electron chi connectivity index (χ1n) is 8.90. The van der Waals surface area contributed by atoms with Crippen molar-refractivity contribution in [1.82, 2.24) is 0 Å². The lowest BCUT2D eigenvalue weighted by Gasteiger charge is -2.11. The lowest BCUT2D eigenvalue weighted by atomic mass is 10.2. The smallest absolute Gasteiger partial charge is 0.262 e. The monoisotopic (exact) mass is 341 g/mol. The molecule has 0 fully saturated rings. The van der Waals surface area contributed by atoms with E-state index in [0.717, 1.165) is 23.5 Å². The van der Waals surface area contributed by atoms with Crippen LogP contribution in [0.2, 0.25) is 0 Å². The molecule has 0 aromatic heterocycles. The van der Waals surface area contributed by atoms with Gasteiger partial charge in [-0.1, -0.05) is 50.5 Å². The Bertz CT molecular complexity index is 670. The minimum absolute atomic E-state index is 0.0209. The van der Waals surface area contributed by atoms with Crippen LogP contribution < -0.4 is 14.8 Å². The van der Waals surface area contributed by atoms with Crippen molar-refractivity contribution in [2.24, 2.45) is 0 Å². The molecule has 0 spiro atoms. The van der Waals surface area contributed by atoms with E-state index in [0.29, 0.717) is 12.3 Å². The topological polar surface area (TPSA) is 47.6 Å². The Labute approximate surface area is 150 Å². The van der Waals surface area contributed by atoms with Crippen molar-refractivity contribution in [1.29, 1.82) is 0 Å². The summed E-state index contributed by atoms with van der Waals surface area (Å²) in [6.45, 7) is 4.82. The number of hydrogen-bond donors (Lipinski definition) is 1. The van der Waals surface area contributed by atoms with Crippen LogP contribution >= 0.6 is 0 Å². The van der Waals surface area contributed by atoms with Crippen LogP contribution in [0.3, 0.4) is 0 Å². The molecular weight excluding hydrogens is 314 g/mol. The van der Waals surface area contributed by atoms with Gasteiger partial charge in [-0.25, -0.2) is 0 Å². The highest BCUT2D eigenvalue weighted by Crippen LogP contribution is 2.19. The second kappa shape index (κ2) is 10.4. The van der Waals surface area contributed by atoms with Crippen LogP contribution in [0, 0.1) is 6.92 Å². The van der Waals surface area contributed by atoms with E-state index in [2.05, 4.69) is 12.2 Å². The summed E-state index contributed by atoms with van der Waals surface area (Å²) < 4.78 is 11.3. The van der Waals surface area contributed by atoms with Crippen LogP contribution in [-0.4, -0.2) is 19.1 Å². The maximum atomic E-state index is 12.1. The minimum Gasteiger partial charge on any atom is -0.494 e. The number of unbranched alkanes of at least 4 members (excludes halogenated alkanes) is 3. The number of carbonyl (C=O) groups is 1. The molecule has 134 valence electrons. The van der Waals surface area contributed by atoms with Gasteiger partial charge >= 0.3 is 0 Å². The second-order valence-electron chi connectivity index (χ2n) is 6.04.